The van der Waals surface area contributed by atoms with Crippen molar-refractivity contribution < 1.29 is 4.79 Å². The van der Waals surface area contributed by atoms with Gasteiger partial charge in [-0.1, -0.05) is 24.3 Å². The van der Waals surface area contributed by atoms with Crippen LogP contribution < -0.4 is 21.3 Å². The minimum atomic E-state index is -0.169. The predicted molar refractivity (Wildman–Crippen MR) is 137 cm³/mol. The molecule has 2 aliphatic rings. The third kappa shape index (κ3) is 3.68. The molecule has 0 spiro atoms. The fourth-order valence-electron chi connectivity index (χ4n) is 5.46. The van der Waals surface area contributed by atoms with E-state index in [4.69, 9.17) is 10.8 Å². The standard InChI is InChI=1S/C26H28N8O/c1-33(2)20-6-4-3-5-18(20)31-26(35)17-9-7-16(8-10-17)23-22-24(27)29-14-30-25(22)34(32-23)21-12-15-11-19(21)28-13-15/h3-10,14-15,19,21,28H,11-13H2,1-2H3,(H,31,35)(H2,27,29,30). The van der Waals surface area contributed by atoms with Crippen LogP contribution in [0.1, 0.15) is 29.2 Å². The van der Waals surface area contributed by atoms with Gasteiger partial charge in [-0.3, -0.25) is 4.79 Å². The Morgan fingerprint density at radius 1 is 1.11 bits per heavy atom. The summed E-state index contributed by atoms with van der Waals surface area (Å²) >= 11 is 0. The first kappa shape index (κ1) is 21.5. The van der Waals surface area contributed by atoms with E-state index < -0.39 is 0 Å². The molecule has 0 radical (unpaired) electrons. The number of anilines is 3. The summed E-state index contributed by atoms with van der Waals surface area (Å²) in [5, 5.41) is 12.4. The summed E-state index contributed by atoms with van der Waals surface area (Å²) in [5.74, 6) is 0.925. The van der Waals surface area contributed by atoms with Crippen LogP contribution in [0, 0.1) is 5.92 Å². The van der Waals surface area contributed by atoms with Crippen LogP contribution in [0.3, 0.4) is 0 Å². The summed E-state index contributed by atoms with van der Waals surface area (Å²) in [6.07, 6.45) is 3.76. The Morgan fingerprint density at radius 2 is 1.91 bits per heavy atom. The number of amides is 1. The summed E-state index contributed by atoms with van der Waals surface area (Å²) < 4.78 is 2.03. The Kier molecular flexibility index (Phi) is 5.14. The number of nitrogens with zero attached hydrogens (tertiary/aromatic N) is 5. The average Bonchev–Trinajstić information content (AvgIpc) is 3.59. The van der Waals surface area contributed by atoms with Gasteiger partial charge in [-0.05, 0) is 49.6 Å². The topological polar surface area (TPSA) is 114 Å². The Bertz CT molecular complexity index is 1410. The molecule has 9 nitrogen and oxygen atoms in total. The second-order valence-electron chi connectivity index (χ2n) is 9.61. The van der Waals surface area contributed by atoms with Crippen LogP contribution in [-0.4, -0.2) is 52.3 Å². The summed E-state index contributed by atoms with van der Waals surface area (Å²) in [5.41, 5.74) is 10.9. The summed E-state index contributed by atoms with van der Waals surface area (Å²) in [7, 11) is 3.90. The molecule has 1 aliphatic carbocycles. The fraction of sp³-hybridized carbons (Fsp3) is 0.308. The van der Waals surface area contributed by atoms with Crippen molar-refractivity contribution in [3.05, 3.63) is 60.4 Å². The first-order valence-electron chi connectivity index (χ1n) is 11.9. The van der Waals surface area contributed by atoms with Crippen molar-refractivity contribution in [1.29, 1.82) is 0 Å². The molecule has 1 amide bonds. The molecule has 1 saturated carbocycles. The van der Waals surface area contributed by atoms with E-state index in [1.54, 1.807) is 0 Å². The van der Waals surface area contributed by atoms with Gasteiger partial charge in [0.05, 0.1) is 22.8 Å². The molecule has 2 fully saturated rings. The number of nitrogen functional groups attached to an aromatic ring is 1. The van der Waals surface area contributed by atoms with E-state index in [0.717, 1.165) is 46.6 Å². The van der Waals surface area contributed by atoms with Crippen molar-refractivity contribution in [2.75, 3.05) is 36.6 Å². The largest absolute Gasteiger partial charge is 0.383 e. The van der Waals surface area contributed by atoms with Gasteiger partial charge < -0.3 is 21.3 Å². The number of nitrogens with one attached hydrogen (secondary N) is 2. The van der Waals surface area contributed by atoms with Crippen LogP contribution >= 0.6 is 0 Å². The van der Waals surface area contributed by atoms with Gasteiger partial charge in [0.1, 0.15) is 17.8 Å². The van der Waals surface area contributed by atoms with Crippen LogP contribution in [0.2, 0.25) is 0 Å². The number of benzene rings is 2. The number of hydrogen-bond acceptors (Lipinski definition) is 7. The molecule has 178 valence electrons. The number of rotatable bonds is 5. The smallest absolute Gasteiger partial charge is 0.255 e. The molecule has 6 rings (SSSR count). The Hall–Kier alpha value is -3.98. The molecule has 1 saturated heterocycles. The zero-order chi connectivity index (χ0) is 24.1. The fourth-order valence-corrected chi connectivity index (χ4v) is 5.46. The van der Waals surface area contributed by atoms with Crippen molar-refractivity contribution in [1.82, 2.24) is 25.1 Å². The normalized spacial score (nSPS) is 20.9. The Labute approximate surface area is 203 Å². The maximum Gasteiger partial charge on any atom is 0.255 e. The molecule has 3 unspecified atom stereocenters. The zero-order valence-corrected chi connectivity index (χ0v) is 19.8. The van der Waals surface area contributed by atoms with Crippen LogP contribution in [0.5, 0.6) is 0 Å². The van der Waals surface area contributed by atoms with Crippen molar-refractivity contribution in [2.45, 2.75) is 24.9 Å². The second kappa shape index (κ2) is 8.35. The van der Waals surface area contributed by atoms with Gasteiger partial charge in [0, 0.05) is 31.3 Å². The second-order valence-corrected chi connectivity index (χ2v) is 9.61. The maximum absolute atomic E-state index is 13.0. The third-order valence-corrected chi connectivity index (χ3v) is 7.18. The quantitative estimate of drug-likeness (QED) is 0.412. The van der Waals surface area contributed by atoms with Crippen LogP contribution in [0.25, 0.3) is 22.3 Å². The molecular weight excluding hydrogens is 440 g/mol. The highest BCUT2D eigenvalue weighted by molar-refractivity contribution is 6.06. The van der Waals surface area contributed by atoms with E-state index in [0.29, 0.717) is 23.3 Å². The molecule has 3 heterocycles. The predicted octanol–water partition coefficient (Wildman–Crippen LogP) is 3.32. The monoisotopic (exact) mass is 468 g/mol. The van der Waals surface area contributed by atoms with Crippen LogP contribution in [0.4, 0.5) is 17.2 Å². The van der Waals surface area contributed by atoms with Gasteiger partial charge in [0.25, 0.3) is 5.91 Å². The number of hydrogen-bond donors (Lipinski definition) is 3. The molecule has 2 bridgehead atoms. The number of carbonyl (C=O) groups is 1. The molecule has 3 atom stereocenters. The highest BCUT2D eigenvalue weighted by atomic mass is 16.1. The van der Waals surface area contributed by atoms with Crippen molar-refractivity contribution >= 4 is 34.1 Å². The summed E-state index contributed by atoms with van der Waals surface area (Å²) in [6, 6.07) is 15.8. The maximum atomic E-state index is 13.0. The molecule has 2 aromatic heterocycles. The van der Waals surface area contributed by atoms with E-state index in [1.807, 2.05) is 72.2 Å². The van der Waals surface area contributed by atoms with Gasteiger partial charge in [0.15, 0.2) is 5.65 Å². The summed E-state index contributed by atoms with van der Waals surface area (Å²) in [4.78, 5) is 23.7. The van der Waals surface area contributed by atoms with Gasteiger partial charge in [0.2, 0.25) is 0 Å². The molecular formula is C26H28N8O. The SMILES string of the molecule is CN(C)c1ccccc1NC(=O)c1ccc(-c2nn(C3CC4CNC3C4)c3ncnc(N)c23)cc1. The molecule has 2 aromatic carbocycles. The van der Waals surface area contributed by atoms with E-state index in [9.17, 15) is 4.79 Å². The lowest BCUT2D eigenvalue weighted by atomic mass is 10.1. The van der Waals surface area contributed by atoms with Gasteiger partial charge >= 0.3 is 0 Å². The molecule has 35 heavy (non-hydrogen) atoms. The molecule has 1 aliphatic heterocycles. The Morgan fingerprint density at radius 3 is 2.63 bits per heavy atom. The molecule has 4 aromatic rings. The van der Waals surface area contributed by atoms with Gasteiger partial charge in [-0.2, -0.15) is 5.10 Å². The first-order chi connectivity index (χ1) is 17.0. The molecule has 4 N–H and O–H groups in total. The van der Waals surface area contributed by atoms with E-state index >= 15 is 0 Å². The number of aromatic nitrogens is 4. The summed E-state index contributed by atoms with van der Waals surface area (Å²) in [6.45, 7) is 1.08. The third-order valence-electron chi connectivity index (χ3n) is 7.18. The number of nitrogens with two attached hydrogens (primary N) is 1. The minimum Gasteiger partial charge on any atom is -0.383 e. The Balaban J connectivity index is 1.32. The average molecular weight is 469 g/mol. The lowest BCUT2D eigenvalue weighted by Gasteiger charge is -2.23. The van der Waals surface area contributed by atoms with Crippen molar-refractivity contribution in [2.24, 2.45) is 5.92 Å². The highest BCUT2D eigenvalue weighted by Gasteiger charge is 2.42. The number of fused-ring (bicyclic) bond motifs is 3. The zero-order valence-electron chi connectivity index (χ0n) is 19.8. The lowest BCUT2D eigenvalue weighted by Crippen LogP contribution is -2.35. The van der Waals surface area contributed by atoms with E-state index in [2.05, 4.69) is 20.6 Å². The first-order valence-corrected chi connectivity index (χ1v) is 11.9. The minimum absolute atomic E-state index is 0.169. The van der Waals surface area contributed by atoms with E-state index in [1.165, 1.54) is 12.7 Å². The van der Waals surface area contributed by atoms with Crippen molar-refractivity contribution in [3.8, 4) is 11.3 Å². The van der Waals surface area contributed by atoms with Crippen LogP contribution in [-0.2, 0) is 0 Å². The van der Waals surface area contributed by atoms with E-state index in [-0.39, 0.29) is 11.9 Å². The number of piperidine rings is 1. The lowest BCUT2D eigenvalue weighted by molar-refractivity contribution is 0.102. The van der Waals surface area contributed by atoms with Gasteiger partial charge in [-0.15, -0.1) is 0 Å². The van der Waals surface area contributed by atoms with Crippen molar-refractivity contribution in [3.63, 3.8) is 0 Å². The highest BCUT2D eigenvalue weighted by Crippen LogP contribution is 2.42. The molecule has 9 heteroatoms. The number of carbonyl (C=O) groups excluding carboxylic acids is 1. The van der Waals surface area contributed by atoms with Gasteiger partial charge in [-0.25, -0.2) is 14.6 Å². The van der Waals surface area contributed by atoms with Crippen LogP contribution in [0.15, 0.2) is 54.9 Å². The number of para-hydroxylation sites is 2.